The summed E-state index contributed by atoms with van der Waals surface area (Å²) < 4.78 is 3.22. The number of aromatic nitrogens is 6. The van der Waals surface area contributed by atoms with Crippen LogP contribution in [0.5, 0.6) is 0 Å². The summed E-state index contributed by atoms with van der Waals surface area (Å²) in [5, 5.41) is 25.2. The van der Waals surface area contributed by atoms with Crippen molar-refractivity contribution in [1.29, 1.82) is 0 Å². The van der Waals surface area contributed by atoms with E-state index >= 15 is 0 Å². The first-order valence-corrected chi connectivity index (χ1v) is 12.8. The first-order chi connectivity index (χ1) is 18.1. The van der Waals surface area contributed by atoms with E-state index in [0.29, 0.717) is 17.1 Å². The van der Waals surface area contributed by atoms with Gasteiger partial charge in [0, 0.05) is 16.5 Å². The lowest BCUT2D eigenvalue weighted by molar-refractivity contribution is 0.661. The molecule has 0 fully saturated rings. The summed E-state index contributed by atoms with van der Waals surface area (Å²) in [6.07, 6.45) is 1.83. The minimum atomic E-state index is -0.310. The molecule has 0 bridgehead atoms. The van der Waals surface area contributed by atoms with Crippen molar-refractivity contribution < 1.29 is 0 Å². The molecule has 182 valence electrons. The van der Waals surface area contributed by atoms with Crippen molar-refractivity contribution in [1.82, 2.24) is 29.6 Å². The van der Waals surface area contributed by atoms with Gasteiger partial charge in [0.2, 0.25) is 17.1 Å². The molecular weight excluding hydrogens is 484 g/mol. The van der Waals surface area contributed by atoms with Crippen LogP contribution in [-0.2, 0) is 0 Å². The molecule has 0 aliphatic carbocycles. The van der Waals surface area contributed by atoms with Crippen LogP contribution in [0.2, 0.25) is 0 Å². The first-order valence-electron chi connectivity index (χ1n) is 11.6. The van der Waals surface area contributed by atoms with E-state index in [9.17, 15) is 4.79 Å². The highest BCUT2D eigenvalue weighted by Crippen LogP contribution is 2.31. The van der Waals surface area contributed by atoms with Gasteiger partial charge in [-0.15, -0.1) is 20.4 Å². The van der Waals surface area contributed by atoms with Gasteiger partial charge in [0.1, 0.15) is 5.69 Å². The van der Waals surface area contributed by atoms with E-state index in [1.54, 1.807) is 6.92 Å². The van der Waals surface area contributed by atoms with Gasteiger partial charge in [0.15, 0.2) is 0 Å². The van der Waals surface area contributed by atoms with Gasteiger partial charge in [-0.25, -0.2) is 4.57 Å². The Kier molecular flexibility index (Phi) is 5.78. The third kappa shape index (κ3) is 4.07. The molecule has 0 unspecified atom stereocenters. The largest absolute Gasteiger partial charge is 0.323 e. The Bertz CT molecular complexity index is 1820. The quantitative estimate of drug-likeness (QED) is 0.298. The highest BCUT2D eigenvalue weighted by atomic mass is 32.2. The summed E-state index contributed by atoms with van der Waals surface area (Å²) >= 11 is 1.31. The molecule has 0 saturated carbocycles. The van der Waals surface area contributed by atoms with E-state index in [2.05, 4.69) is 61.5 Å². The molecule has 0 aliphatic heterocycles. The number of benzene rings is 4. The topological polar surface area (TPSA) is 103 Å². The summed E-state index contributed by atoms with van der Waals surface area (Å²) in [5.74, 6) is 0.844. The zero-order valence-electron chi connectivity index (χ0n) is 20.1. The zero-order valence-corrected chi connectivity index (χ0v) is 20.9. The minimum Gasteiger partial charge on any atom is -0.323 e. The molecule has 0 saturated heterocycles. The van der Waals surface area contributed by atoms with Crippen LogP contribution in [0.1, 0.15) is 5.69 Å². The lowest BCUT2D eigenvalue weighted by atomic mass is 10.1. The van der Waals surface area contributed by atoms with E-state index in [4.69, 9.17) is 0 Å². The molecular formula is C27H22N8OS. The molecule has 0 amide bonds. The van der Waals surface area contributed by atoms with Gasteiger partial charge in [-0.05, 0) is 36.1 Å². The van der Waals surface area contributed by atoms with E-state index in [0.717, 1.165) is 32.9 Å². The second-order valence-electron chi connectivity index (χ2n) is 8.36. The number of anilines is 3. The fourth-order valence-electron chi connectivity index (χ4n) is 4.31. The third-order valence-corrected chi connectivity index (χ3v) is 6.72. The lowest BCUT2D eigenvalue weighted by Gasteiger charge is -2.17. The molecule has 2 N–H and O–H groups in total. The SMILES string of the molecule is CSc1nnc(C)c(=O)n1Nc1nnc(Nc2cccc3ccccc23)n1-c1cccc2ccccc12. The van der Waals surface area contributed by atoms with Crippen molar-refractivity contribution in [3.05, 3.63) is 101 Å². The van der Waals surface area contributed by atoms with Gasteiger partial charge < -0.3 is 5.32 Å². The van der Waals surface area contributed by atoms with Crippen molar-refractivity contribution in [2.24, 2.45) is 0 Å². The molecule has 9 nitrogen and oxygen atoms in total. The number of rotatable bonds is 6. The number of thioether (sulfide) groups is 1. The molecule has 10 heteroatoms. The van der Waals surface area contributed by atoms with Crippen LogP contribution < -0.4 is 16.3 Å². The molecule has 2 heterocycles. The lowest BCUT2D eigenvalue weighted by Crippen LogP contribution is -2.32. The van der Waals surface area contributed by atoms with Crippen LogP contribution in [0.4, 0.5) is 17.6 Å². The highest BCUT2D eigenvalue weighted by Gasteiger charge is 2.19. The summed E-state index contributed by atoms with van der Waals surface area (Å²) in [6.45, 7) is 1.63. The molecule has 4 aromatic carbocycles. The second-order valence-corrected chi connectivity index (χ2v) is 9.13. The first kappa shape index (κ1) is 22.7. The van der Waals surface area contributed by atoms with Crippen molar-refractivity contribution in [3.8, 4) is 5.69 Å². The van der Waals surface area contributed by atoms with Crippen molar-refractivity contribution in [2.45, 2.75) is 12.1 Å². The minimum absolute atomic E-state index is 0.274. The van der Waals surface area contributed by atoms with Gasteiger partial charge in [0.05, 0.1) is 5.69 Å². The number of hydrogen-bond acceptors (Lipinski definition) is 8. The molecule has 0 spiro atoms. The highest BCUT2D eigenvalue weighted by molar-refractivity contribution is 7.98. The predicted octanol–water partition coefficient (Wildman–Crippen LogP) is 5.17. The zero-order chi connectivity index (χ0) is 25.4. The Labute approximate surface area is 216 Å². The van der Waals surface area contributed by atoms with Crippen LogP contribution in [0.3, 0.4) is 0 Å². The van der Waals surface area contributed by atoms with E-state index in [-0.39, 0.29) is 11.3 Å². The summed E-state index contributed by atoms with van der Waals surface area (Å²) in [6, 6.07) is 28.4. The average molecular weight is 507 g/mol. The van der Waals surface area contributed by atoms with Crippen molar-refractivity contribution in [2.75, 3.05) is 17.0 Å². The Morgan fingerprint density at radius 3 is 2.16 bits per heavy atom. The van der Waals surface area contributed by atoms with Gasteiger partial charge in [-0.1, -0.05) is 84.6 Å². The smallest absolute Gasteiger partial charge is 0.294 e. The standard InChI is InChI=1S/C27H22N8OS/c1-17-24(36)35(27(37-2)32-29-17)33-26-31-30-25(28-22-15-7-11-18-9-3-5-13-20(18)22)34(26)23-16-8-12-19-10-4-6-14-21(19)23/h3-16H,1-2H3,(H,28,30)(H,31,33). The number of aryl methyl sites for hydroxylation is 1. The molecule has 37 heavy (non-hydrogen) atoms. The molecule has 2 aromatic heterocycles. The molecule has 6 rings (SSSR count). The van der Waals surface area contributed by atoms with Crippen molar-refractivity contribution in [3.63, 3.8) is 0 Å². The van der Waals surface area contributed by atoms with E-state index in [1.807, 2.05) is 65.4 Å². The number of fused-ring (bicyclic) bond motifs is 2. The fourth-order valence-corrected chi connectivity index (χ4v) is 4.74. The molecule has 0 atom stereocenters. The summed E-state index contributed by atoms with van der Waals surface area (Å²) in [5.41, 5.74) is 4.85. The summed E-state index contributed by atoms with van der Waals surface area (Å²) in [7, 11) is 0. The monoisotopic (exact) mass is 506 g/mol. The van der Waals surface area contributed by atoms with Crippen LogP contribution >= 0.6 is 11.8 Å². The third-order valence-electron chi connectivity index (χ3n) is 6.09. The fraction of sp³-hybridized carbons (Fsp3) is 0.0741. The summed E-state index contributed by atoms with van der Waals surface area (Å²) in [4.78, 5) is 13.0. The van der Waals surface area contributed by atoms with E-state index < -0.39 is 0 Å². The average Bonchev–Trinajstić information content (AvgIpc) is 3.33. The maximum atomic E-state index is 13.0. The van der Waals surface area contributed by atoms with Crippen LogP contribution in [0.25, 0.3) is 27.2 Å². The van der Waals surface area contributed by atoms with Gasteiger partial charge in [-0.3, -0.25) is 10.2 Å². The Balaban J connectivity index is 1.56. The van der Waals surface area contributed by atoms with Crippen LogP contribution in [0.15, 0.2) is 94.9 Å². The second kappa shape index (κ2) is 9.40. The molecule has 0 aliphatic rings. The van der Waals surface area contributed by atoms with Crippen LogP contribution in [-0.4, -0.2) is 35.9 Å². The van der Waals surface area contributed by atoms with Gasteiger partial charge in [0.25, 0.3) is 5.56 Å². The number of nitrogens with one attached hydrogen (secondary N) is 2. The maximum absolute atomic E-state index is 13.0. The molecule has 0 radical (unpaired) electrons. The Hall–Kier alpha value is -4.70. The normalized spacial score (nSPS) is 11.2. The van der Waals surface area contributed by atoms with Crippen molar-refractivity contribution >= 4 is 50.9 Å². The predicted molar refractivity (Wildman–Crippen MR) is 148 cm³/mol. The Morgan fingerprint density at radius 1 is 0.730 bits per heavy atom. The molecule has 6 aromatic rings. The number of nitrogens with zero attached hydrogens (tertiary/aromatic N) is 6. The van der Waals surface area contributed by atoms with Crippen LogP contribution in [0, 0.1) is 6.92 Å². The van der Waals surface area contributed by atoms with E-state index in [1.165, 1.54) is 16.4 Å². The van der Waals surface area contributed by atoms with Gasteiger partial charge >= 0.3 is 0 Å². The number of hydrogen-bond donors (Lipinski definition) is 2. The maximum Gasteiger partial charge on any atom is 0.294 e. The van der Waals surface area contributed by atoms with Gasteiger partial charge in [-0.2, -0.15) is 4.68 Å². The Morgan fingerprint density at radius 2 is 1.38 bits per heavy atom.